The molecule has 1 saturated heterocycles. The standard InChI is InChI=1S/C19H24N4O5/c1-2-3-6-12(16(20)25)21-11-7-4-5-10-15(11)19(28)23(18(10)27)13-8-9-14(24)22-17(13)26/h4-5,7,12-13,21,27-28H,2-3,6,8-9H2,1H3,(H2,20,25)(H,22,24,26). The average Bonchev–Trinajstić information content (AvgIpc) is 2.90. The zero-order valence-corrected chi connectivity index (χ0v) is 15.6. The van der Waals surface area contributed by atoms with Crippen LogP contribution in [0, 0.1) is 0 Å². The number of hydrogen-bond acceptors (Lipinski definition) is 6. The summed E-state index contributed by atoms with van der Waals surface area (Å²) in [6, 6.07) is 3.38. The second kappa shape index (κ2) is 7.79. The van der Waals surface area contributed by atoms with Crippen molar-refractivity contribution in [1.82, 2.24) is 9.88 Å². The van der Waals surface area contributed by atoms with Crippen molar-refractivity contribution in [3.63, 3.8) is 0 Å². The third kappa shape index (κ3) is 3.47. The third-order valence-electron chi connectivity index (χ3n) is 5.03. The fourth-order valence-electron chi connectivity index (χ4n) is 3.56. The lowest BCUT2D eigenvalue weighted by Gasteiger charge is -2.23. The van der Waals surface area contributed by atoms with E-state index in [0.717, 1.165) is 17.4 Å². The molecule has 1 fully saturated rings. The van der Waals surface area contributed by atoms with Crippen LogP contribution in [0.1, 0.15) is 45.1 Å². The number of carbonyl (C=O) groups is 3. The van der Waals surface area contributed by atoms with Crippen LogP contribution < -0.4 is 16.4 Å². The van der Waals surface area contributed by atoms with E-state index in [4.69, 9.17) is 5.73 Å². The normalized spacial score (nSPS) is 18.1. The lowest BCUT2D eigenvalue weighted by molar-refractivity contribution is -0.136. The maximum Gasteiger partial charge on any atom is 0.249 e. The second-order valence-electron chi connectivity index (χ2n) is 6.95. The molecule has 9 nitrogen and oxygen atoms in total. The number of rotatable bonds is 7. The van der Waals surface area contributed by atoms with E-state index in [1.165, 1.54) is 0 Å². The summed E-state index contributed by atoms with van der Waals surface area (Å²) in [4.78, 5) is 35.4. The van der Waals surface area contributed by atoms with Gasteiger partial charge in [0, 0.05) is 17.5 Å². The van der Waals surface area contributed by atoms with Gasteiger partial charge in [-0.2, -0.15) is 0 Å². The molecule has 0 saturated carbocycles. The smallest absolute Gasteiger partial charge is 0.249 e. The molecule has 2 unspecified atom stereocenters. The Morgan fingerprint density at radius 3 is 2.75 bits per heavy atom. The predicted molar refractivity (Wildman–Crippen MR) is 103 cm³/mol. The van der Waals surface area contributed by atoms with Crippen molar-refractivity contribution in [2.45, 2.75) is 51.1 Å². The molecule has 2 atom stereocenters. The van der Waals surface area contributed by atoms with E-state index in [2.05, 4.69) is 10.6 Å². The summed E-state index contributed by atoms with van der Waals surface area (Å²) in [6.45, 7) is 2.00. The molecule has 3 rings (SSSR count). The van der Waals surface area contributed by atoms with E-state index < -0.39 is 23.9 Å². The number of fused-ring (bicyclic) bond motifs is 1. The second-order valence-corrected chi connectivity index (χ2v) is 6.95. The summed E-state index contributed by atoms with van der Waals surface area (Å²) >= 11 is 0. The number of amides is 3. The first-order valence-electron chi connectivity index (χ1n) is 9.29. The molecule has 28 heavy (non-hydrogen) atoms. The topological polar surface area (TPSA) is 147 Å². The van der Waals surface area contributed by atoms with Gasteiger partial charge in [-0.25, -0.2) is 0 Å². The van der Waals surface area contributed by atoms with Gasteiger partial charge in [0.1, 0.15) is 12.1 Å². The fraction of sp³-hybridized carbons (Fsp3) is 0.421. The summed E-state index contributed by atoms with van der Waals surface area (Å²) in [5.74, 6) is -2.09. The average molecular weight is 388 g/mol. The summed E-state index contributed by atoms with van der Waals surface area (Å²) in [6.07, 6.45) is 2.49. The van der Waals surface area contributed by atoms with Gasteiger partial charge in [0.05, 0.1) is 5.39 Å². The Labute approximate surface area is 161 Å². The van der Waals surface area contributed by atoms with Crippen molar-refractivity contribution < 1.29 is 24.6 Å². The maximum absolute atomic E-state index is 12.2. The van der Waals surface area contributed by atoms with E-state index in [1.54, 1.807) is 18.2 Å². The summed E-state index contributed by atoms with van der Waals surface area (Å²) in [5, 5.41) is 27.3. The minimum atomic E-state index is -0.912. The largest absolute Gasteiger partial charge is 0.494 e. The van der Waals surface area contributed by atoms with Crippen LogP contribution in [0.5, 0.6) is 11.8 Å². The van der Waals surface area contributed by atoms with Gasteiger partial charge in [-0.1, -0.05) is 25.8 Å². The number of anilines is 1. The number of carbonyl (C=O) groups excluding carboxylic acids is 3. The first-order valence-corrected chi connectivity index (χ1v) is 9.29. The van der Waals surface area contributed by atoms with Gasteiger partial charge >= 0.3 is 0 Å². The number of imide groups is 1. The van der Waals surface area contributed by atoms with Crippen molar-refractivity contribution in [2.24, 2.45) is 5.73 Å². The van der Waals surface area contributed by atoms with Crippen LogP contribution in [0.2, 0.25) is 0 Å². The molecule has 0 aliphatic carbocycles. The van der Waals surface area contributed by atoms with Crippen LogP contribution in [-0.2, 0) is 14.4 Å². The molecule has 3 amide bonds. The summed E-state index contributed by atoms with van der Waals surface area (Å²) in [7, 11) is 0. The van der Waals surface area contributed by atoms with Gasteiger partial charge in [0.15, 0.2) is 0 Å². The van der Waals surface area contributed by atoms with Crippen molar-refractivity contribution >= 4 is 34.2 Å². The van der Waals surface area contributed by atoms with E-state index in [0.29, 0.717) is 17.5 Å². The van der Waals surface area contributed by atoms with Crippen molar-refractivity contribution in [3.8, 4) is 11.8 Å². The van der Waals surface area contributed by atoms with Gasteiger partial charge in [-0.05, 0) is 25.0 Å². The van der Waals surface area contributed by atoms with Crippen molar-refractivity contribution in [3.05, 3.63) is 18.2 Å². The number of nitrogens with one attached hydrogen (secondary N) is 2. The van der Waals surface area contributed by atoms with Gasteiger partial charge in [-0.3, -0.25) is 24.3 Å². The molecule has 2 heterocycles. The van der Waals surface area contributed by atoms with Gasteiger partial charge in [0.2, 0.25) is 29.5 Å². The SMILES string of the molecule is CCCCC(Nc1cccc2c(O)n(C3CCC(=O)NC3=O)c(O)c12)C(N)=O. The zero-order chi connectivity index (χ0) is 20.4. The first-order chi connectivity index (χ1) is 13.3. The molecule has 0 bridgehead atoms. The fourth-order valence-corrected chi connectivity index (χ4v) is 3.56. The number of unbranched alkanes of at least 4 members (excludes halogenated alkanes) is 1. The Balaban J connectivity index is 2.04. The number of aromatic hydroxyl groups is 2. The summed E-state index contributed by atoms with van der Waals surface area (Å²) < 4.78 is 1.11. The molecule has 1 aliphatic rings. The molecule has 6 N–H and O–H groups in total. The van der Waals surface area contributed by atoms with Gasteiger partial charge in [-0.15, -0.1) is 0 Å². The van der Waals surface area contributed by atoms with E-state index in [-0.39, 0.29) is 35.9 Å². The molecule has 1 aromatic heterocycles. The molecule has 150 valence electrons. The first kappa shape index (κ1) is 19.5. The molecule has 1 aliphatic heterocycles. The minimum Gasteiger partial charge on any atom is -0.494 e. The number of nitrogens with two attached hydrogens (primary N) is 1. The molecular formula is C19H24N4O5. The highest BCUT2D eigenvalue weighted by molar-refractivity contribution is 6.05. The number of primary amides is 1. The predicted octanol–water partition coefficient (Wildman–Crippen LogP) is 1.49. The van der Waals surface area contributed by atoms with Gasteiger partial charge < -0.3 is 21.3 Å². The third-order valence-corrected chi connectivity index (χ3v) is 5.03. The molecule has 0 radical (unpaired) electrons. The van der Waals surface area contributed by atoms with Crippen molar-refractivity contribution in [1.29, 1.82) is 0 Å². The quantitative estimate of drug-likeness (QED) is 0.454. The van der Waals surface area contributed by atoms with Crippen LogP contribution >= 0.6 is 0 Å². The number of piperidine rings is 1. The van der Waals surface area contributed by atoms with Crippen LogP contribution in [0.25, 0.3) is 10.8 Å². The van der Waals surface area contributed by atoms with E-state index in [1.807, 2.05) is 6.92 Å². The summed E-state index contributed by atoms with van der Waals surface area (Å²) in [5.41, 5.74) is 5.91. The molecule has 2 aromatic rings. The molecule has 0 spiro atoms. The Hall–Kier alpha value is -3.23. The highest BCUT2D eigenvalue weighted by Gasteiger charge is 2.33. The number of nitrogens with zero attached hydrogens (tertiary/aromatic N) is 1. The monoisotopic (exact) mass is 388 g/mol. The Kier molecular flexibility index (Phi) is 5.43. The van der Waals surface area contributed by atoms with E-state index in [9.17, 15) is 24.6 Å². The minimum absolute atomic E-state index is 0.107. The lowest BCUT2D eigenvalue weighted by atomic mass is 10.1. The van der Waals surface area contributed by atoms with E-state index >= 15 is 0 Å². The maximum atomic E-state index is 12.2. The van der Waals surface area contributed by atoms with Gasteiger partial charge in [0.25, 0.3) is 0 Å². The van der Waals surface area contributed by atoms with Crippen LogP contribution in [-0.4, -0.2) is 38.5 Å². The van der Waals surface area contributed by atoms with Crippen LogP contribution in [0.4, 0.5) is 5.69 Å². The zero-order valence-electron chi connectivity index (χ0n) is 15.6. The van der Waals surface area contributed by atoms with Crippen LogP contribution in [0.3, 0.4) is 0 Å². The van der Waals surface area contributed by atoms with Crippen molar-refractivity contribution in [2.75, 3.05) is 5.32 Å². The number of aromatic nitrogens is 1. The number of hydrogen-bond donors (Lipinski definition) is 5. The molecular weight excluding hydrogens is 364 g/mol. The van der Waals surface area contributed by atoms with Crippen LogP contribution in [0.15, 0.2) is 18.2 Å². The Bertz CT molecular complexity index is 936. The number of benzene rings is 1. The Morgan fingerprint density at radius 2 is 2.11 bits per heavy atom. The lowest BCUT2D eigenvalue weighted by Crippen LogP contribution is -2.41. The molecule has 1 aromatic carbocycles. The highest BCUT2D eigenvalue weighted by Crippen LogP contribution is 2.44. The Morgan fingerprint density at radius 1 is 1.36 bits per heavy atom. The molecule has 9 heteroatoms. The highest BCUT2D eigenvalue weighted by atomic mass is 16.3.